The summed E-state index contributed by atoms with van der Waals surface area (Å²) in [6.45, 7) is 9.10. The zero-order chi connectivity index (χ0) is 17.2. The number of ether oxygens (including phenoxy) is 1. The molecule has 0 aliphatic carbocycles. The second-order valence-corrected chi connectivity index (χ2v) is 7.80. The normalized spacial score (nSPS) is 22.3. The monoisotopic (exact) mass is 343 g/mol. The number of nitrogens with zero attached hydrogens (tertiary/aromatic N) is 3. The maximum atomic E-state index is 12.7. The topological polar surface area (TPSA) is 70.2 Å². The molecule has 2 aliphatic rings. The Morgan fingerprint density at radius 1 is 1.04 bits per heavy atom. The van der Waals surface area contributed by atoms with E-state index in [9.17, 15) is 14.4 Å². The predicted molar refractivity (Wildman–Crippen MR) is 88.0 cm³/mol. The van der Waals surface area contributed by atoms with Gasteiger partial charge in [-0.3, -0.25) is 14.5 Å². The number of carbonyl (C=O) groups excluding carboxylic acids is 3. The fourth-order valence-electron chi connectivity index (χ4n) is 2.60. The highest BCUT2D eigenvalue weighted by Gasteiger charge is 2.39. The lowest BCUT2D eigenvalue weighted by Gasteiger charge is -2.36. The number of hydrogen-bond acceptors (Lipinski definition) is 5. The molecule has 0 aromatic heterocycles. The molecule has 7 nitrogen and oxygen atoms in total. The third kappa shape index (κ3) is 4.53. The fraction of sp³-hybridized carbons (Fsp3) is 0.800. The lowest BCUT2D eigenvalue weighted by atomic mass is 10.2. The van der Waals surface area contributed by atoms with Gasteiger partial charge in [0, 0.05) is 38.9 Å². The molecule has 0 N–H and O–H groups in total. The molecule has 0 bridgehead atoms. The first-order valence-electron chi connectivity index (χ1n) is 7.81. The molecule has 2 fully saturated rings. The molecule has 0 aromatic carbocycles. The van der Waals surface area contributed by atoms with Crippen molar-refractivity contribution < 1.29 is 19.1 Å². The second kappa shape index (κ2) is 6.98. The van der Waals surface area contributed by atoms with Crippen LogP contribution in [-0.4, -0.2) is 82.1 Å². The largest absolute Gasteiger partial charge is 0.444 e. The van der Waals surface area contributed by atoms with Crippen LogP contribution in [0.25, 0.3) is 0 Å². The molecule has 0 radical (unpaired) electrons. The van der Waals surface area contributed by atoms with Crippen molar-refractivity contribution in [1.29, 1.82) is 0 Å². The number of carbonyl (C=O) groups is 3. The molecule has 130 valence electrons. The van der Waals surface area contributed by atoms with Crippen molar-refractivity contribution in [2.24, 2.45) is 0 Å². The van der Waals surface area contributed by atoms with Gasteiger partial charge >= 0.3 is 6.09 Å². The maximum Gasteiger partial charge on any atom is 0.411 e. The number of thioether (sulfide) groups is 1. The number of hydrogen-bond donors (Lipinski definition) is 0. The molecule has 0 spiro atoms. The molecule has 0 saturated carbocycles. The molecular weight excluding hydrogens is 318 g/mol. The average Bonchev–Trinajstić information content (AvgIpc) is 2.94. The Hall–Kier alpha value is -1.44. The van der Waals surface area contributed by atoms with Gasteiger partial charge in [-0.2, -0.15) is 0 Å². The van der Waals surface area contributed by atoms with E-state index < -0.39 is 17.7 Å². The first kappa shape index (κ1) is 17.9. The fourth-order valence-corrected chi connectivity index (χ4v) is 3.73. The van der Waals surface area contributed by atoms with Crippen molar-refractivity contribution in [2.75, 3.05) is 37.8 Å². The standard InChI is InChI=1S/C15H25N3O4S/c1-11(19)16-5-7-17(8-6-16)13(20)12-9-23-10-18(12)14(21)22-15(2,3)4/h12H,5-10H2,1-4H3. The van der Waals surface area contributed by atoms with Crippen molar-refractivity contribution >= 4 is 29.7 Å². The first-order chi connectivity index (χ1) is 10.7. The van der Waals surface area contributed by atoms with Crippen LogP contribution in [-0.2, 0) is 14.3 Å². The third-order valence-electron chi connectivity index (χ3n) is 3.83. The van der Waals surface area contributed by atoms with Gasteiger partial charge < -0.3 is 14.5 Å². The van der Waals surface area contributed by atoms with Crippen molar-refractivity contribution in [3.63, 3.8) is 0 Å². The van der Waals surface area contributed by atoms with E-state index in [1.165, 1.54) is 11.8 Å². The molecular formula is C15H25N3O4S. The Morgan fingerprint density at radius 2 is 1.61 bits per heavy atom. The van der Waals surface area contributed by atoms with Gasteiger partial charge in [0.25, 0.3) is 0 Å². The summed E-state index contributed by atoms with van der Waals surface area (Å²) >= 11 is 1.56. The van der Waals surface area contributed by atoms with Gasteiger partial charge in [-0.25, -0.2) is 4.79 Å². The average molecular weight is 343 g/mol. The second-order valence-electron chi connectivity index (χ2n) is 6.80. The van der Waals surface area contributed by atoms with Crippen LogP contribution in [0.4, 0.5) is 4.79 Å². The minimum Gasteiger partial charge on any atom is -0.444 e. The van der Waals surface area contributed by atoms with E-state index in [1.54, 1.807) is 21.6 Å². The summed E-state index contributed by atoms with van der Waals surface area (Å²) in [6.07, 6.45) is -0.441. The Labute approximate surface area is 141 Å². The van der Waals surface area contributed by atoms with E-state index in [4.69, 9.17) is 4.74 Å². The summed E-state index contributed by atoms with van der Waals surface area (Å²) in [7, 11) is 0. The van der Waals surface area contributed by atoms with Gasteiger partial charge in [0.05, 0.1) is 5.88 Å². The lowest BCUT2D eigenvalue weighted by molar-refractivity contribution is -0.141. The molecule has 2 rings (SSSR count). The third-order valence-corrected chi connectivity index (χ3v) is 4.84. The minimum absolute atomic E-state index is 0.0314. The van der Waals surface area contributed by atoms with E-state index in [1.807, 2.05) is 20.8 Å². The Bertz CT molecular complexity index is 484. The van der Waals surface area contributed by atoms with Gasteiger partial charge in [-0.05, 0) is 20.8 Å². The highest BCUT2D eigenvalue weighted by Crippen LogP contribution is 2.25. The summed E-state index contributed by atoms with van der Waals surface area (Å²) in [5.74, 6) is 1.04. The van der Waals surface area contributed by atoms with E-state index >= 15 is 0 Å². The SMILES string of the molecule is CC(=O)N1CCN(C(=O)C2CSCN2C(=O)OC(C)(C)C)CC1. The molecule has 2 aliphatic heterocycles. The van der Waals surface area contributed by atoms with E-state index in [2.05, 4.69) is 0 Å². The van der Waals surface area contributed by atoms with Gasteiger partial charge in [-0.1, -0.05) is 0 Å². The molecule has 2 heterocycles. The van der Waals surface area contributed by atoms with Gasteiger partial charge in [0.1, 0.15) is 11.6 Å². The Balaban J connectivity index is 1.96. The molecule has 3 amide bonds. The van der Waals surface area contributed by atoms with Crippen LogP contribution in [0.5, 0.6) is 0 Å². The van der Waals surface area contributed by atoms with Crippen molar-refractivity contribution in [3.05, 3.63) is 0 Å². The Kier molecular flexibility index (Phi) is 5.44. The number of piperazine rings is 1. The van der Waals surface area contributed by atoms with Crippen LogP contribution in [0.3, 0.4) is 0 Å². The summed E-state index contributed by atoms with van der Waals surface area (Å²) in [4.78, 5) is 41.3. The number of rotatable bonds is 1. The van der Waals surface area contributed by atoms with E-state index in [-0.39, 0.29) is 11.8 Å². The van der Waals surface area contributed by atoms with Crippen LogP contribution in [0.15, 0.2) is 0 Å². The van der Waals surface area contributed by atoms with Crippen LogP contribution in [0, 0.1) is 0 Å². The van der Waals surface area contributed by atoms with Crippen LogP contribution in [0.1, 0.15) is 27.7 Å². The van der Waals surface area contributed by atoms with Crippen LogP contribution in [0.2, 0.25) is 0 Å². The zero-order valence-electron chi connectivity index (χ0n) is 14.2. The molecule has 1 atom stereocenters. The van der Waals surface area contributed by atoms with Crippen LogP contribution >= 0.6 is 11.8 Å². The smallest absolute Gasteiger partial charge is 0.411 e. The molecule has 8 heteroatoms. The molecule has 0 aromatic rings. The number of amides is 3. The summed E-state index contributed by atoms with van der Waals surface area (Å²) in [5.41, 5.74) is -0.578. The lowest BCUT2D eigenvalue weighted by Crippen LogP contribution is -2.56. The first-order valence-corrected chi connectivity index (χ1v) is 8.96. The summed E-state index contributed by atoms with van der Waals surface area (Å²) in [6, 6.07) is -0.473. The molecule has 23 heavy (non-hydrogen) atoms. The van der Waals surface area contributed by atoms with E-state index in [0.717, 1.165) is 0 Å². The van der Waals surface area contributed by atoms with Crippen molar-refractivity contribution in [1.82, 2.24) is 14.7 Å². The van der Waals surface area contributed by atoms with Gasteiger partial charge in [0.2, 0.25) is 11.8 Å². The molecule has 2 saturated heterocycles. The zero-order valence-corrected chi connectivity index (χ0v) is 15.0. The van der Waals surface area contributed by atoms with E-state index in [0.29, 0.717) is 37.8 Å². The van der Waals surface area contributed by atoms with Crippen LogP contribution < -0.4 is 0 Å². The van der Waals surface area contributed by atoms with Crippen molar-refractivity contribution in [2.45, 2.75) is 39.3 Å². The summed E-state index contributed by atoms with van der Waals surface area (Å²) < 4.78 is 5.39. The summed E-state index contributed by atoms with van der Waals surface area (Å²) in [5, 5.41) is 0. The van der Waals surface area contributed by atoms with Gasteiger partial charge in [0.15, 0.2) is 0 Å². The minimum atomic E-state index is -0.578. The molecule has 1 unspecified atom stereocenters. The predicted octanol–water partition coefficient (Wildman–Crippen LogP) is 0.987. The highest BCUT2D eigenvalue weighted by molar-refractivity contribution is 7.99. The highest BCUT2D eigenvalue weighted by atomic mass is 32.2. The quantitative estimate of drug-likeness (QED) is 0.710. The van der Waals surface area contributed by atoms with Gasteiger partial charge in [-0.15, -0.1) is 11.8 Å². The van der Waals surface area contributed by atoms with Crippen molar-refractivity contribution in [3.8, 4) is 0 Å². The maximum absolute atomic E-state index is 12.7. The Morgan fingerprint density at radius 3 is 2.13 bits per heavy atom.